The third kappa shape index (κ3) is 353. The van der Waals surface area contributed by atoms with E-state index in [-0.39, 0.29) is 59.1 Å². The molecule has 0 spiro atoms. The molecule has 4 N–H and O–H groups in total. The van der Waals surface area contributed by atoms with E-state index < -0.39 is 8.25 Å². The molecule has 0 fully saturated rings. The van der Waals surface area contributed by atoms with Gasteiger partial charge in [-0.15, -0.1) is 26.3 Å². The molecule has 0 aromatic rings. The van der Waals surface area contributed by atoms with Crippen LogP contribution < -0.4 is 80.4 Å². The van der Waals surface area contributed by atoms with E-state index in [1.165, 1.54) is 0 Å². The molecule has 8 heteroatoms. The molecule has 0 aliphatic rings. The minimum Gasteiger partial charge on any atom is -0.598 e. The van der Waals surface area contributed by atoms with Gasteiger partial charge >= 0.3 is 59.1 Å². The van der Waals surface area contributed by atoms with Crippen LogP contribution in [0.4, 0.5) is 0 Å². The first-order valence-corrected chi connectivity index (χ1v) is 3.96. The standard InChI is InChI=1S/C2H8N2.2C2H4.2Na.HO3P/c3-1-2-4;2*1-2;;;1-4(2)3/h1-4H2;2*1-2H2;;;(H,1,2,3)/q;;;2*+1;/p-1. The summed E-state index contributed by atoms with van der Waals surface area (Å²) in [6, 6.07) is 0. The van der Waals surface area contributed by atoms with Crippen molar-refractivity contribution in [3.8, 4) is 0 Å². The van der Waals surface area contributed by atoms with Crippen LogP contribution in [0.2, 0.25) is 0 Å². The third-order valence-corrected chi connectivity index (χ3v) is 0.167. The minimum atomic E-state index is -3.37. The van der Waals surface area contributed by atoms with Crippen LogP contribution in [0.15, 0.2) is 26.3 Å². The van der Waals surface area contributed by atoms with Crippen molar-refractivity contribution in [2.45, 2.75) is 0 Å². The van der Waals surface area contributed by atoms with Gasteiger partial charge in [0.2, 0.25) is 0 Å². The summed E-state index contributed by atoms with van der Waals surface area (Å²) in [4.78, 5) is 17.0. The molecule has 0 saturated heterocycles. The van der Waals surface area contributed by atoms with Crippen LogP contribution in [0.5, 0.6) is 0 Å². The Hall–Kier alpha value is 1.42. The molecule has 0 unspecified atom stereocenters. The zero-order valence-electron chi connectivity index (χ0n) is 9.07. The summed E-state index contributed by atoms with van der Waals surface area (Å²) < 4.78 is 8.48. The predicted octanol–water partition coefficient (Wildman–Crippen LogP) is -7.12. The first kappa shape index (κ1) is 36.1. The summed E-state index contributed by atoms with van der Waals surface area (Å²) in [7, 11) is -3.37. The van der Waals surface area contributed by atoms with Crippen molar-refractivity contribution in [3.63, 3.8) is 0 Å². The van der Waals surface area contributed by atoms with Crippen molar-refractivity contribution < 1.29 is 73.5 Å². The maximum absolute atomic E-state index is 8.48. The molecular weight excluding hydrogens is 225 g/mol. The van der Waals surface area contributed by atoms with Crippen LogP contribution in [-0.2, 0) is 4.57 Å². The Balaban J connectivity index is -0.0000000153. The monoisotopic (exact) mass is 241 g/mol. The number of rotatable bonds is 1. The maximum Gasteiger partial charge on any atom is 1.00 e. The van der Waals surface area contributed by atoms with Gasteiger partial charge in [-0.1, -0.05) is 4.57 Å². The fourth-order valence-electron chi connectivity index (χ4n) is 0. The Bertz CT molecular complexity index is 83.5. The molecular formula is C6H16N2Na2O3P+. The quantitative estimate of drug-likeness (QED) is 0.269. The van der Waals surface area contributed by atoms with Gasteiger partial charge in [-0.3, -0.25) is 0 Å². The maximum atomic E-state index is 8.48. The molecule has 14 heavy (non-hydrogen) atoms. The second-order valence-electron chi connectivity index (χ2n) is 0.801. The van der Waals surface area contributed by atoms with Crippen LogP contribution in [0, 0.1) is 0 Å². The summed E-state index contributed by atoms with van der Waals surface area (Å²) >= 11 is 0. The summed E-state index contributed by atoms with van der Waals surface area (Å²) in [5.74, 6) is 0. The molecule has 0 aliphatic carbocycles. The molecule has 0 atom stereocenters. The van der Waals surface area contributed by atoms with E-state index in [1.807, 2.05) is 0 Å². The Morgan fingerprint density at radius 3 is 1.00 bits per heavy atom. The second-order valence-corrected chi connectivity index (χ2v) is 1.25. The number of hydrogen-bond donors (Lipinski definition) is 2. The Morgan fingerprint density at radius 2 is 1.00 bits per heavy atom. The number of nitrogens with two attached hydrogens (primary N) is 2. The molecule has 5 nitrogen and oxygen atoms in total. The fourth-order valence-corrected chi connectivity index (χ4v) is 0. The van der Waals surface area contributed by atoms with Crippen LogP contribution >= 0.6 is 8.25 Å². The van der Waals surface area contributed by atoms with Gasteiger partial charge in [0.1, 0.15) is 0 Å². The van der Waals surface area contributed by atoms with Crippen LogP contribution in [0.3, 0.4) is 0 Å². The van der Waals surface area contributed by atoms with E-state index >= 15 is 0 Å². The first-order chi connectivity index (χ1) is 5.65. The Kier molecular flexibility index (Phi) is 163. The Labute approximate surface area is 131 Å². The molecule has 0 aromatic carbocycles. The van der Waals surface area contributed by atoms with Crippen molar-refractivity contribution in [3.05, 3.63) is 26.3 Å². The van der Waals surface area contributed by atoms with Gasteiger partial charge in [0.05, 0.1) is 0 Å². The van der Waals surface area contributed by atoms with Crippen molar-refractivity contribution in [1.29, 1.82) is 0 Å². The first-order valence-electron chi connectivity index (χ1n) is 2.86. The molecule has 0 saturated carbocycles. The van der Waals surface area contributed by atoms with Gasteiger partial charge in [-0.25, -0.2) is 0 Å². The van der Waals surface area contributed by atoms with Crippen molar-refractivity contribution >= 4 is 8.25 Å². The average Bonchev–Trinajstić information content (AvgIpc) is 2.10. The van der Waals surface area contributed by atoms with Gasteiger partial charge in [-0.05, 0) is 0 Å². The van der Waals surface area contributed by atoms with Gasteiger partial charge in [0, 0.05) is 13.1 Å². The molecule has 74 valence electrons. The predicted molar refractivity (Wildman–Crippen MR) is 48.2 cm³/mol. The largest absolute Gasteiger partial charge is 1.00 e. The summed E-state index contributed by atoms with van der Waals surface area (Å²) in [5.41, 5.74) is 9.81. The molecule has 0 heterocycles. The minimum absolute atomic E-state index is 0. The van der Waals surface area contributed by atoms with Crippen molar-refractivity contribution in [2.24, 2.45) is 11.5 Å². The topological polar surface area (TPSA) is 115 Å². The Morgan fingerprint density at radius 1 is 0.929 bits per heavy atom. The van der Waals surface area contributed by atoms with Gasteiger partial charge < -0.3 is 21.3 Å². The van der Waals surface area contributed by atoms with Crippen LogP contribution in [-0.4, -0.2) is 13.1 Å². The fraction of sp³-hybridized carbons (Fsp3) is 0.333. The molecule has 0 bridgehead atoms. The van der Waals surface area contributed by atoms with E-state index in [0.29, 0.717) is 13.1 Å². The van der Waals surface area contributed by atoms with E-state index in [1.54, 1.807) is 0 Å². The SMILES string of the molecule is C=C.C=C.NCCN.O=[P+]([O-])[O-].[Na+].[Na+]. The third-order valence-electron chi connectivity index (χ3n) is 0.167. The second kappa shape index (κ2) is 63.0. The van der Waals surface area contributed by atoms with E-state index in [0.717, 1.165) is 0 Å². The molecule has 0 radical (unpaired) electrons. The summed E-state index contributed by atoms with van der Waals surface area (Å²) in [6.07, 6.45) is 0. The van der Waals surface area contributed by atoms with E-state index in [4.69, 9.17) is 25.8 Å². The number of hydrogen-bond acceptors (Lipinski definition) is 5. The molecule has 0 aromatic heterocycles. The zero-order valence-corrected chi connectivity index (χ0v) is 14.0. The van der Waals surface area contributed by atoms with E-state index in [2.05, 4.69) is 26.3 Å². The average molecular weight is 241 g/mol. The smallest absolute Gasteiger partial charge is 0.598 e. The normalized spacial score (nSPS) is 4.57. The van der Waals surface area contributed by atoms with Gasteiger partial charge in [-0.2, -0.15) is 0 Å². The van der Waals surface area contributed by atoms with Crippen molar-refractivity contribution in [2.75, 3.05) is 13.1 Å². The van der Waals surface area contributed by atoms with Gasteiger partial charge in [0.25, 0.3) is 8.25 Å². The summed E-state index contributed by atoms with van der Waals surface area (Å²) in [6.45, 7) is 13.2. The molecule has 0 amide bonds. The van der Waals surface area contributed by atoms with Crippen LogP contribution in [0.1, 0.15) is 0 Å². The van der Waals surface area contributed by atoms with Crippen molar-refractivity contribution in [1.82, 2.24) is 0 Å². The van der Waals surface area contributed by atoms with Gasteiger partial charge in [0.15, 0.2) is 0 Å². The summed E-state index contributed by atoms with van der Waals surface area (Å²) in [5, 5.41) is 0. The van der Waals surface area contributed by atoms with Crippen LogP contribution in [0.25, 0.3) is 0 Å². The molecule has 0 rings (SSSR count). The van der Waals surface area contributed by atoms with E-state index in [9.17, 15) is 0 Å². The molecule has 0 aliphatic heterocycles. The zero-order chi connectivity index (χ0) is 11.0.